The molecular formula is C24H34O7. The Bertz CT molecular complexity index is 834. The number of hydrogen-bond donors (Lipinski definition) is 2. The molecule has 2 N–H and O–H groups in total. The fourth-order valence-corrected chi connectivity index (χ4v) is 7.77. The molecule has 0 aromatic carbocycles. The third-order valence-corrected chi connectivity index (χ3v) is 9.24. The second-order valence-corrected chi connectivity index (χ2v) is 10.6. The summed E-state index contributed by atoms with van der Waals surface area (Å²) in [6.07, 6.45) is 3.86. The van der Waals surface area contributed by atoms with Gasteiger partial charge in [0.2, 0.25) is 6.10 Å². The van der Waals surface area contributed by atoms with Crippen molar-refractivity contribution in [1.29, 1.82) is 0 Å². The predicted octanol–water partition coefficient (Wildman–Crippen LogP) is 2.32. The van der Waals surface area contributed by atoms with Gasteiger partial charge in [-0.15, -0.1) is 0 Å². The first-order valence-corrected chi connectivity index (χ1v) is 11.4. The number of rotatable bonds is 3. The molecule has 0 unspecified atom stereocenters. The van der Waals surface area contributed by atoms with Crippen molar-refractivity contribution in [3.8, 4) is 0 Å². The van der Waals surface area contributed by atoms with Crippen LogP contribution in [0.5, 0.6) is 0 Å². The van der Waals surface area contributed by atoms with E-state index in [2.05, 4.69) is 6.92 Å². The molecule has 0 bridgehead atoms. The van der Waals surface area contributed by atoms with Crippen molar-refractivity contribution in [3.63, 3.8) is 0 Å². The van der Waals surface area contributed by atoms with Crippen LogP contribution in [0.4, 0.5) is 0 Å². The number of ether oxygens (including phenoxy) is 2. The topological polar surface area (TPSA) is 110 Å². The van der Waals surface area contributed by atoms with Gasteiger partial charge in [0, 0.05) is 18.8 Å². The van der Waals surface area contributed by atoms with E-state index in [0.29, 0.717) is 25.7 Å². The van der Waals surface area contributed by atoms with Crippen LogP contribution >= 0.6 is 0 Å². The van der Waals surface area contributed by atoms with E-state index < -0.39 is 35.2 Å². The first-order chi connectivity index (χ1) is 14.5. The first-order valence-electron chi connectivity index (χ1n) is 11.4. The molecule has 31 heavy (non-hydrogen) atoms. The highest BCUT2D eigenvalue weighted by Crippen LogP contribution is 2.68. The summed E-state index contributed by atoms with van der Waals surface area (Å²) in [6, 6.07) is 0. The summed E-state index contributed by atoms with van der Waals surface area (Å²) in [5.41, 5.74) is -1.49. The fourth-order valence-electron chi connectivity index (χ4n) is 7.77. The zero-order valence-electron chi connectivity index (χ0n) is 18.8. The number of methoxy groups -OCH3 is 1. The molecule has 0 aromatic heterocycles. The summed E-state index contributed by atoms with van der Waals surface area (Å²) in [4.78, 5) is 36.3. The quantitative estimate of drug-likeness (QED) is 0.656. The average Bonchev–Trinajstić information content (AvgIpc) is 2.97. The molecule has 0 spiro atoms. The predicted molar refractivity (Wildman–Crippen MR) is 111 cm³/mol. The van der Waals surface area contributed by atoms with Crippen LogP contribution in [-0.2, 0) is 23.9 Å². The van der Waals surface area contributed by atoms with E-state index in [1.807, 2.05) is 6.92 Å². The molecule has 3 saturated carbocycles. The second kappa shape index (κ2) is 7.41. The number of ketones is 1. The van der Waals surface area contributed by atoms with Crippen LogP contribution in [0.15, 0.2) is 11.6 Å². The zero-order valence-corrected chi connectivity index (χ0v) is 18.8. The first kappa shape index (κ1) is 22.5. The highest BCUT2D eigenvalue weighted by atomic mass is 16.6. The Kier molecular flexibility index (Phi) is 5.37. The number of aliphatic hydroxyl groups is 2. The van der Waals surface area contributed by atoms with Gasteiger partial charge in [-0.25, -0.2) is 4.79 Å². The van der Waals surface area contributed by atoms with Crippen molar-refractivity contribution >= 4 is 17.7 Å². The Morgan fingerprint density at radius 3 is 2.55 bits per heavy atom. The van der Waals surface area contributed by atoms with Crippen LogP contribution in [0.3, 0.4) is 0 Å². The summed E-state index contributed by atoms with van der Waals surface area (Å²) in [5, 5.41) is 23.3. The molecule has 0 aliphatic heterocycles. The molecule has 4 rings (SSSR count). The van der Waals surface area contributed by atoms with Crippen molar-refractivity contribution in [3.05, 3.63) is 11.6 Å². The maximum atomic E-state index is 12.5. The van der Waals surface area contributed by atoms with Gasteiger partial charge < -0.3 is 19.7 Å². The minimum absolute atomic E-state index is 0.00586. The van der Waals surface area contributed by atoms with E-state index in [0.717, 1.165) is 24.8 Å². The largest absolute Gasteiger partial charge is 0.466 e. The molecule has 0 saturated heterocycles. The average molecular weight is 435 g/mol. The van der Waals surface area contributed by atoms with Gasteiger partial charge in [0.1, 0.15) is 5.60 Å². The van der Waals surface area contributed by atoms with Crippen molar-refractivity contribution in [2.45, 2.75) is 83.5 Å². The van der Waals surface area contributed by atoms with Crippen molar-refractivity contribution in [2.24, 2.45) is 28.6 Å². The standard InChI is InChI=1S/C24H34O7/c1-13(25)31-20(21(28)30-4)24(29)10-8-17-16-6-5-14-11-15(26)7-9-22(14,2)19(16)18(27)12-23(17,24)3/h11,16-20,27,29H,5-10,12H2,1-4H3/t16-,17-,18-,19+,20-,22-,23-,24-/m0/s1. The third-order valence-electron chi connectivity index (χ3n) is 9.24. The number of carbonyl (C=O) groups is 3. The molecule has 7 nitrogen and oxygen atoms in total. The SMILES string of the molecule is COC(=O)[C@H](OC(C)=O)[C@@]1(O)CC[C@H]2[C@@H]3CCC4=CC(=O)CC[C@]4(C)[C@H]3[C@@H](O)C[C@@]21C. The molecule has 0 radical (unpaired) electrons. The molecule has 172 valence electrons. The Morgan fingerprint density at radius 2 is 1.90 bits per heavy atom. The fraction of sp³-hybridized carbons (Fsp3) is 0.792. The lowest BCUT2D eigenvalue weighted by Gasteiger charge is -2.61. The maximum Gasteiger partial charge on any atom is 0.350 e. The summed E-state index contributed by atoms with van der Waals surface area (Å²) >= 11 is 0. The third kappa shape index (κ3) is 3.10. The van der Waals surface area contributed by atoms with E-state index in [9.17, 15) is 24.6 Å². The van der Waals surface area contributed by atoms with Gasteiger partial charge in [0.25, 0.3) is 0 Å². The van der Waals surface area contributed by atoms with Crippen LogP contribution in [0.2, 0.25) is 0 Å². The molecular weight excluding hydrogens is 400 g/mol. The lowest BCUT2D eigenvalue weighted by atomic mass is 9.45. The molecule has 3 fully saturated rings. The summed E-state index contributed by atoms with van der Waals surface area (Å²) in [6.45, 7) is 5.30. The van der Waals surface area contributed by atoms with Crippen LogP contribution in [0, 0.1) is 28.6 Å². The van der Waals surface area contributed by atoms with Gasteiger partial charge in [-0.1, -0.05) is 19.4 Å². The van der Waals surface area contributed by atoms with Crippen LogP contribution < -0.4 is 0 Å². The highest BCUT2D eigenvalue weighted by Gasteiger charge is 2.70. The van der Waals surface area contributed by atoms with E-state index in [-0.39, 0.29) is 29.0 Å². The lowest BCUT2D eigenvalue weighted by Crippen LogP contribution is -2.64. The van der Waals surface area contributed by atoms with E-state index >= 15 is 0 Å². The van der Waals surface area contributed by atoms with Crippen molar-refractivity contribution in [2.75, 3.05) is 7.11 Å². The zero-order chi connectivity index (χ0) is 22.8. The van der Waals surface area contributed by atoms with Gasteiger partial charge in [-0.05, 0) is 67.8 Å². The Labute approximate surface area is 183 Å². The second-order valence-electron chi connectivity index (χ2n) is 10.6. The van der Waals surface area contributed by atoms with E-state index in [4.69, 9.17) is 9.47 Å². The maximum absolute atomic E-state index is 12.5. The van der Waals surface area contributed by atoms with Crippen molar-refractivity contribution < 1.29 is 34.1 Å². The number of carbonyl (C=O) groups excluding carboxylic acids is 3. The highest BCUT2D eigenvalue weighted by molar-refractivity contribution is 5.91. The Morgan fingerprint density at radius 1 is 1.19 bits per heavy atom. The minimum Gasteiger partial charge on any atom is -0.466 e. The molecule has 0 aromatic rings. The Hall–Kier alpha value is -1.73. The van der Waals surface area contributed by atoms with Gasteiger partial charge in [0.15, 0.2) is 5.78 Å². The summed E-state index contributed by atoms with van der Waals surface area (Å²) in [7, 11) is 1.21. The minimum atomic E-state index is -1.61. The van der Waals surface area contributed by atoms with Gasteiger partial charge in [-0.3, -0.25) is 9.59 Å². The number of fused-ring (bicyclic) bond motifs is 5. The molecule has 8 atom stereocenters. The number of allylic oxidation sites excluding steroid dienone is 1. The molecule has 0 heterocycles. The number of esters is 2. The smallest absolute Gasteiger partial charge is 0.350 e. The van der Waals surface area contributed by atoms with E-state index in [1.165, 1.54) is 14.0 Å². The van der Waals surface area contributed by atoms with Gasteiger partial charge in [0.05, 0.1) is 13.2 Å². The van der Waals surface area contributed by atoms with Crippen LogP contribution in [-0.4, -0.2) is 52.9 Å². The van der Waals surface area contributed by atoms with Crippen molar-refractivity contribution in [1.82, 2.24) is 0 Å². The molecule has 7 heteroatoms. The molecule has 4 aliphatic carbocycles. The lowest BCUT2D eigenvalue weighted by molar-refractivity contribution is -0.220. The monoisotopic (exact) mass is 434 g/mol. The summed E-state index contributed by atoms with van der Waals surface area (Å²) < 4.78 is 10.2. The Balaban J connectivity index is 1.72. The van der Waals surface area contributed by atoms with Gasteiger partial charge in [-0.2, -0.15) is 0 Å². The number of hydrogen-bond acceptors (Lipinski definition) is 7. The summed E-state index contributed by atoms with van der Waals surface area (Å²) in [5.74, 6) is -1.02. The van der Waals surface area contributed by atoms with Crippen LogP contribution in [0.25, 0.3) is 0 Å². The van der Waals surface area contributed by atoms with Crippen LogP contribution in [0.1, 0.15) is 65.7 Å². The number of aliphatic hydroxyl groups excluding tert-OH is 1. The van der Waals surface area contributed by atoms with Gasteiger partial charge >= 0.3 is 11.9 Å². The normalized spacial score (nSPS) is 45.0. The molecule has 0 amide bonds. The molecule has 4 aliphatic rings. The van der Waals surface area contributed by atoms with E-state index in [1.54, 1.807) is 6.08 Å².